The maximum atomic E-state index is 13.2. The molecule has 0 atom stereocenters. The van der Waals surface area contributed by atoms with Crippen LogP contribution in [0, 0.1) is 12.7 Å². The fourth-order valence-corrected chi connectivity index (χ4v) is 1.95. The van der Waals surface area contributed by atoms with Gasteiger partial charge in [-0.2, -0.15) is 0 Å². The standard InChI is InChI=1S/C16H17FN2O2/c1-10-7-12(4-5-13(10)17)16(20)19-14-6-3-11(9-18)8-15(14)21-2/h3-8H,9,18H2,1-2H3,(H,19,20). The summed E-state index contributed by atoms with van der Waals surface area (Å²) in [6.45, 7) is 2.00. The van der Waals surface area contributed by atoms with Crippen LogP contribution in [0.15, 0.2) is 36.4 Å². The van der Waals surface area contributed by atoms with Gasteiger partial charge in [-0.1, -0.05) is 6.07 Å². The third-order valence-electron chi connectivity index (χ3n) is 3.17. The SMILES string of the molecule is COc1cc(CN)ccc1NC(=O)c1ccc(F)c(C)c1. The molecule has 0 spiro atoms. The van der Waals surface area contributed by atoms with E-state index in [9.17, 15) is 9.18 Å². The molecule has 110 valence electrons. The number of nitrogens with one attached hydrogen (secondary N) is 1. The maximum Gasteiger partial charge on any atom is 0.255 e. The summed E-state index contributed by atoms with van der Waals surface area (Å²) in [5.74, 6) is -0.126. The van der Waals surface area contributed by atoms with Crippen molar-refractivity contribution in [1.82, 2.24) is 0 Å². The van der Waals surface area contributed by atoms with Crippen molar-refractivity contribution in [2.75, 3.05) is 12.4 Å². The number of carbonyl (C=O) groups excluding carboxylic acids is 1. The molecule has 0 heterocycles. The van der Waals surface area contributed by atoms with Gasteiger partial charge in [-0.25, -0.2) is 4.39 Å². The highest BCUT2D eigenvalue weighted by Crippen LogP contribution is 2.26. The fraction of sp³-hybridized carbons (Fsp3) is 0.188. The molecule has 2 aromatic carbocycles. The van der Waals surface area contributed by atoms with Crippen molar-refractivity contribution in [3.63, 3.8) is 0 Å². The van der Waals surface area contributed by atoms with Gasteiger partial charge >= 0.3 is 0 Å². The molecule has 0 fully saturated rings. The van der Waals surface area contributed by atoms with E-state index >= 15 is 0 Å². The van der Waals surface area contributed by atoms with Crippen molar-refractivity contribution < 1.29 is 13.9 Å². The second-order valence-corrected chi connectivity index (χ2v) is 4.66. The third-order valence-corrected chi connectivity index (χ3v) is 3.17. The van der Waals surface area contributed by atoms with Crippen molar-refractivity contribution in [1.29, 1.82) is 0 Å². The lowest BCUT2D eigenvalue weighted by atomic mass is 10.1. The van der Waals surface area contributed by atoms with E-state index in [1.165, 1.54) is 25.3 Å². The van der Waals surface area contributed by atoms with Crippen molar-refractivity contribution >= 4 is 11.6 Å². The summed E-state index contributed by atoms with van der Waals surface area (Å²) in [7, 11) is 1.52. The van der Waals surface area contributed by atoms with Gasteiger partial charge in [0, 0.05) is 12.1 Å². The lowest BCUT2D eigenvalue weighted by Crippen LogP contribution is -2.13. The first-order valence-electron chi connectivity index (χ1n) is 6.49. The Morgan fingerprint density at radius 3 is 2.67 bits per heavy atom. The zero-order chi connectivity index (χ0) is 15.4. The van der Waals surface area contributed by atoms with Crippen LogP contribution in [-0.2, 0) is 6.54 Å². The van der Waals surface area contributed by atoms with E-state index in [2.05, 4.69) is 5.32 Å². The maximum absolute atomic E-state index is 13.2. The monoisotopic (exact) mass is 288 g/mol. The molecule has 0 aliphatic rings. The zero-order valence-corrected chi connectivity index (χ0v) is 11.9. The largest absolute Gasteiger partial charge is 0.495 e. The highest BCUT2D eigenvalue weighted by molar-refractivity contribution is 6.05. The molecular weight excluding hydrogens is 271 g/mol. The van der Waals surface area contributed by atoms with Crippen molar-refractivity contribution in [3.05, 3.63) is 58.9 Å². The Morgan fingerprint density at radius 1 is 1.29 bits per heavy atom. The highest BCUT2D eigenvalue weighted by atomic mass is 19.1. The van der Waals surface area contributed by atoms with E-state index < -0.39 is 0 Å². The number of ether oxygens (including phenoxy) is 1. The minimum Gasteiger partial charge on any atom is -0.495 e. The Hall–Kier alpha value is -2.40. The Morgan fingerprint density at radius 2 is 2.05 bits per heavy atom. The van der Waals surface area contributed by atoms with Crippen LogP contribution in [0.3, 0.4) is 0 Å². The second kappa shape index (κ2) is 6.37. The van der Waals surface area contributed by atoms with Gasteiger partial charge in [0.15, 0.2) is 0 Å². The number of hydrogen-bond donors (Lipinski definition) is 2. The highest BCUT2D eigenvalue weighted by Gasteiger charge is 2.11. The number of rotatable bonds is 4. The topological polar surface area (TPSA) is 64.3 Å². The number of methoxy groups -OCH3 is 1. The number of amides is 1. The Balaban J connectivity index is 2.24. The summed E-state index contributed by atoms with van der Waals surface area (Å²) in [5.41, 5.74) is 7.83. The molecule has 0 radical (unpaired) electrons. The lowest BCUT2D eigenvalue weighted by Gasteiger charge is -2.12. The van der Waals surface area contributed by atoms with Gasteiger partial charge in [0.25, 0.3) is 5.91 Å². The molecule has 3 N–H and O–H groups in total. The lowest BCUT2D eigenvalue weighted by molar-refractivity contribution is 0.102. The van der Waals surface area contributed by atoms with Crippen LogP contribution in [0.5, 0.6) is 5.75 Å². The van der Waals surface area contributed by atoms with Crippen LogP contribution in [0.25, 0.3) is 0 Å². The summed E-state index contributed by atoms with van der Waals surface area (Å²) in [5, 5.41) is 2.75. The second-order valence-electron chi connectivity index (χ2n) is 4.66. The molecule has 1 amide bonds. The van der Waals surface area contributed by atoms with Gasteiger partial charge in [-0.05, 0) is 48.4 Å². The van der Waals surface area contributed by atoms with Gasteiger partial charge in [-0.15, -0.1) is 0 Å². The first-order chi connectivity index (χ1) is 10.0. The smallest absolute Gasteiger partial charge is 0.255 e. The summed E-state index contributed by atoms with van der Waals surface area (Å²) < 4.78 is 18.5. The molecule has 0 unspecified atom stereocenters. The first kappa shape index (κ1) is 15.0. The Bertz CT molecular complexity index is 671. The van der Waals surface area contributed by atoms with Gasteiger partial charge in [-0.3, -0.25) is 4.79 Å². The average Bonchev–Trinajstić information content (AvgIpc) is 2.50. The van der Waals surface area contributed by atoms with E-state index in [1.807, 2.05) is 6.07 Å². The Kier molecular flexibility index (Phi) is 4.55. The first-order valence-corrected chi connectivity index (χ1v) is 6.49. The number of anilines is 1. The molecule has 0 saturated carbocycles. The summed E-state index contributed by atoms with van der Waals surface area (Å²) in [6, 6.07) is 9.54. The number of hydrogen-bond acceptors (Lipinski definition) is 3. The average molecular weight is 288 g/mol. The predicted molar refractivity (Wildman–Crippen MR) is 80.0 cm³/mol. The van der Waals surface area contributed by atoms with Crippen LogP contribution in [-0.4, -0.2) is 13.0 Å². The summed E-state index contributed by atoms with van der Waals surface area (Å²) >= 11 is 0. The molecule has 0 bridgehead atoms. The molecule has 0 saturated heterocycles. The van der Waals surface area contributed by atoms with Crippen LogP contribution in [0.4, 0.5) is 10.1 Å². The minimum atomic E-state index is -0.337. The minimum absolute atomic E-state index is 0.322. The summed E-state index contributed by atoms with van der Waals surface area (Å²) in [4.78, 5) is 12.2. The third kappa shape index (κ3) is 3.38. The molecule has 2 rings (SSSR count). The molecule has 21 heavy (non-hydrogen) atoms. The number of nitrogens with two attached hydrogens (primary N) is 1. The molecule has 2 aromatic rings. The quantitative estimate of drug-likeness (QED) is 0.909. The molecule has 0 aliphatic heterocycles. The normalized spacial score (nSPS) is 10.3. The number of aryl methyl sites for hydroxylation is 1. The zero-order valence-electron chi connectivity index (χ0n) is 11.9. The van der Waals surface area contributed by atoms with Crippen molar-refractivity contribution in [3.8, 4) is 5.75 Å². The molecular formula is C16H17FN2O2. The number of halogens is 1. The van der Waals surface area contributed by atoms with Gasteiger partial charge in [0.2, 0.25) is 0 Å². The van der Waals surface area contributed by atoms with Gasteiger partial charge in [0.1, 0.15) is 11.6 Å². The number of carbonyl (C=O) groups is 1. The van der Waals surface area contributed by atoms with Crippen LogP contribution >= 0.6 is 0 Å². The van der Waals surface area contributed by atoms with E-state index in [-0.39, 0.29) is 11.7 Å². The van der Waals surface area contributed by atoms with Crippen LogP contribution in [0.2, 0.25) is 0 Å². The van der Waals surface area contributed by atoms with Crippen LogP contribution in [0.1, 0.15) is 21.5 Å². The van der Waals surface area contributed by atoms with Crippen LogP contribution < -0.4 is 15.8 Å². The molecule has 0 aliphatic carbocycles. The van der Waals surface area contributed by atoms with Gasteiger partial charge < -0.3 is 15.8 Å². The summed E-state index contributed by atoms with van der Waals surface area (Å²) in [6.07, 6.45) is 0. The molecule has 0 aromatic heterocycles. The molecule has 5 heteroatoms. The fourth-order valence-electron chi connectivity index (χ4n) is 1.95. The van der Waals surface area contributed by atoms with E-state index in [4.69, 9.17) is 10.5 Å². The van der Waals surface area contributed by atoms with Crippen molar-refractivity contribution in [2.24, 2.45) is 5.73 Å². The molecule has 4 nitrogen and oxygen atoms in total. The van der Waals surface area contributed by atoms with E-state index in [0.717, 1.165) is 5.56 Å². The number of benzene rings is 2. The predicted octanol–water partition coefficient (Wildman–Crippen LogP) is 2.85. The Labute approximate surface area is 122 Å². The van der Waals surface area contributed by atoms with E-state index in [0.29, 0.717) is 29.1 Å². The van der Waals surface area contributed by atoms with Crippen molar-refractivity contribution in [2.45, 2.75) is 13.5 Å². The van der Waals surface area contributed by atoms with E-state index in [1.54, 1.807) is 19.1 Å². The van der Waals surface area contributed by atoms with Gasteiger partial charge in [0.05, 0.1) is 12.8 Å².